The van der Waals surface area contributed by atoms with Crippen molar-refractivity contribution >= 4 is 80.1 Å². The number of pyridine rings is 3. The number of fused-ring (bicyclic) bond motifs is 6. The lowest BCUT2D eigenvalue weighted by Gasteiger charge is -2.33. The molecular formula is C67H74BClF5N13O8. The van der Waals surface area contributed by atoms with Crippen LogP contribution in [0.4, 0.5) is 27.6 Å². The number of oxazole rings is 3. The van der Waals surface area contributed by atoms with Gasteiger partial charge in [0.1, 0.15) is 50.3 Å². The van der Waals surface area contributed by atoms with E-state index in [9.17, 15) is 36.3 Å². The lowest BCUT2D eigenvalue weighted by molar-refractivity contribution is 0.00578. The Balaban J connectivity index is 0.000000159. The Labute approximate surface area is 548 Å². The lowest BCUT2D eigenvalue weighted by atomic mass is 9.79. The summed E-state index contributed by atoms with van der Waals surface area (Å²) in [7, 11) is -0.607. The van der Waals surface area contributed by atoms with Gasteiger partial charge in [0.25, 0.3) is 16.7 Å². The van der Waals surface area contributed by atoms with Gasteiger partial charge in [0, 0.05) is 120 Å². The minimum absolute atomic E-state index is 0. The standard InChI is InChI=1S/C21H20FN5O2.C16H9F2N3O2.C14H17BFNO3.C8H4ClFN2O.C5H12N2.3CH4/c1-12-10-26(6-5-23-12)15-3-4-19-25-17(9-20(28)27(19)11-15)14-7-16(22)21-18(8-14)29-13(2)24-21;1-8-19-16-11(18)4-9(5-13(16)23-8)12-6-15(22)21-7-10(17)2-3-14(21)20-12;1-8-17-12-10(16)6-9(7-11(12)18-8)15-19-13(2,3)14(4,5)20-15;9-6-3-8(13)12-4-5(10)1-2-7(12)11-6;1-5-4-6-2-3-7-5;;;/h3-4,7-9,11-12,23H,5-6,10H2,1-2H3;2-7H,1H3;6-7H,1-5H3;1-4H;5-7H,2-4H2,1H3;3*1H4/t12-;;;;5-;;;/m0...0.../s1. The number of aryl methyl sites for hydroxylation is 3. The van der Waals surface area contributed by atoms with E-state index in [4.69, 9.17) is 34.2 Å². The smallest absolute Gasteiger partial charge is 0.441 e. The van der Waals surface area contributed by atoms with Crippen LogP contribution < -0.4 is 43.0 Å². The molecule has 28 heteroatoms. The predicted molar refractivity (Wildman–Crippen MR) is 359 cm³/mol. The molecule has 3 aliphatic rings. The summed E-state index contributed by atoms with van der Waals surface area (Å²) in [5.41, 5.74) is 3.80. The van der Waals surface area contributed by atoms with Crippen molar-refractivity contribution in [2.45, 2.75) is 108 Å². The van der Waals surface area contributed by atoms with Crippen LogP contribution in [0.1, 0.15) is 81.5 Å². The van der Waals surface area contributed by atoms with E-state index in [0.29, 0.717) is 74.5 Å². The van der Waals surface area contributed by atoms with E-state index in [1.54, 1.807) is 39.0 Å². The molecule has 3 N–H and O–H groups in total. The van der Waals surface area contributed by atoms with Crippen LogP contribution in [-0.2, 0) is 9.31 Å². The second kappa shape index (κ2) is 29.2. The summed E-state index contributed by atoms with van der Waals surface area (Å²) in [5.74, 6) is -1.35. The van der Waals surface area contributed by atoms with Crippen molar-refractivity contribution in [2.75, 3.05) is 44.2 Å². The third kappa shape index (κ3) is 16.0. The van der Waals surface area contributed by atoms with E-state index >= 15 is 0 Å². The summed E-state index contributed by atoms with van der Waals surface area (Å²) in [6.07, 6.45) is 3.94. The molecule has 12 heterocycles. The zero-order valence-electron chi connectivity index (χ0n) is 51.4. The van der Waals surface area contributed by atoms with Crippen LogP contribution >= 0.6 is 11.6 Å². The molecule has 3 fully saturated rings. The molecule has 21 nitrogen and oxygen atoms in total. The number of hydrogen-bond donors (Lipinski definition) is 3. The summed E-state index contributed by atoms with van der Waals surface area (Å²) < 4.78 is 100. The third-order valence-electron chi connectivity index (χ3n) is 15.6. The molecule has 2 atom stereocenters. The van der Waals surface area contributed by atoms with E-state index < -0.39 is 58.5 Å². The lowest BCUT2D eigenvalue weighted by Crippen LogP contribution is -2.49. The highest BCUT2D eigenvalue weighted by Crippen LogP contribution is 2.37. The first-order chi connectivity index (χ1) is 43.7. The minimum atomic E-state index is -0.607. The quantitative estimate of drug-likeness (QED) is 0.0843. The highest BCUT2D eigenvalue weighted by atomic mass is 35.5. The van der Waals surface area contributed by atoms with E-state index in [1.807, 2.05) is 46.0 Å². The van der Waals surface area contributed by atoms with Gasteiger partial charge in [0.15, 0.2) is 51.9 Å². The fourth-order valence-electron chi connectivity index (χ4n) is 10.4. The van der Waals surface area contributed by atoms with Crippen LogP contribution in [-0.4, -0.2) is 113 Å². The molecule has 0 saturated carbocycles. The molecule has 0 aliphatic carbocycles. The van der Waals surface area contributed by atoms with Crippen LogP contribution in [0.15, 0.2) is 137 Å². The van der Waals surface area contributed by atoms with Gasteiger partial charge in [-0.2, -0.15) is 0 Å². The van der Waals surface area contributed by atoms with Crippen LogP contribution in [0.25, 0.3) is 72.8 Å². The molecule has 12 aromatic rings. The van der Waals surface area contributed by atoms with Crippen molar-refractivity contribution in [2.24, 2.45) is 0 Å². The molecule has 9 aromatic heterocycles. The molecule has 500 valence electrons. The molecule has 0 unspecified atom stereocenters. The normalized spacial score (nSPS) is 16.3. The number of aromatic nitrogens is 9. The van der Waals surface area contributed by atoms with Gasteiger partial charge >= 0.3 is 7.12 Å². The second-order valence-corrected chi connectivity index (χ2v) is 23.6. The zero-order valence-corrected chi connectivity index (χ0v) is 52.1. The van der Waals surface area contributed by atoms with Crippen molar-refractivity contribution in [1.29, 1.82) is 0 Å². The first-order valence-corrected chi connectivity index (χ1v) is 29.7. The second-order valence-electron chi connectivity index (χ2n) is 23.2. The Kier molecular flexibility index (Phi) is 22.0. The van der Waals surface area contributed by atoms with E-state index in [1.165, 1.54) is 59.0 Å². The van der Waals surface area contributed by atoms with Crippen LogP contribution in [0.2, 0.25) is 5.15 Å². The van der Waals surface area contributed by atoms with Crippen molar-refractivity contribution < 1.29 is 44.5 Å². The van der Waals surface area contributed by atoms with Gasteiger partial charge in [-0.05, 0) is 120 Å². The molecular weight excluding hydrogens is 1260 g/mol. The zero-order chi connectivity index (χ0) is 65.5. The monoisotopic (exact) mass is 1330 g/mol. The van der Waals surface area contributed by atoms with Gasteiger partial charge in [-0.1, -0.05) is 33.9 Å². The maximum atomic E-state index is 14.4. The summed E-state index contributed by atoms with van der Waals surface area (Å²) in [5, 5.41) is 10.1. The van der Waals surface area contributed by atoms with E-state index in [-0.39, 0.29) is 66.5 Å². The Morgan fingerprint density at radius 3 is 1.43 bits per heavy atom. The van der Waals surface area contributed by atoms with Crippen LogP contribution in [0, 0.1) is 49.9 Å². The van der Waals surface area contributed by atoms with E-state index in [2.05, 4.69) is 64.6 Å². The summed E-state index contributed by atoms with van der Waals surface area (Å²) >= 11 is 5.55. The molecule has 3 aromatic carbocycles. The van der Waals surface area contributed by atoms with Crippen molar-refractivity contribution in [3.63, 3.8) is 0 Å². The van der Waals surface area contributed by atoms with Gasteiger partial charge in [-0.3, -0.25) is 27.6 Å². The van der Waals surface area contributed by atoms with Gasteiger partial charge in [0.2, 0.25) is 0 Å². The molecule has 15 rings (SSSR count). The Hall–Kier alpha value is -9.25. The van der Waals surface area contributed by atoms with Crippen LogP contribution in [0.3, 0.4) is 0 Å². The van der Waals surface area contributed by atoms with Crippen molar-refractivity contribution in [3.8, 4) is 22.5 Å². The molecule has 0 amide bonds. The highest BCUT2D eigenvalue weighted by molar-refractivity contribution is 6.62. The summed E-state index contributed by atoms with van der Waals surface area (Å²) in [6, 6.07) is 22.7. The number of nitrogens with zero attached hydrogens (tertiary/aromatic N) is 10. The topological polar surface area (TPSA) is 239 Å². The van der Waals surface area contributed by atoms with E-state index in [0.717, 1.165) is 72.2 Å². The number of nitrogens with one attached hydrogen (secondary N) is 3. The SMILES string of the molecule is C.C.C.C[C@H]1CNCCN1.Cc1nc2c(F)cc(-c3cc(=O)n4cc(F)ccc4n3)cc2o1.Cc1nc2c(F)cc(-c3cc(=O)n4cc(N5CCN[C@@H](C)C5)ccc4n3)cc2o1.Cc1nc2c(F)cc(B3OC(C)(C)C(C)(C)O3)cc2o1.O=c1cc(Cl)nc2ccc(F)cn12. The summed E-state index contributed by atoms with van der Waals surface area (Å²) in [6.45, 7) is 23.2. The average Bonchev–Trinajstić information content (AvgIpc) is 1.74. The van der Waals surface area contributed by atoms with Crippen molar-refractivity contribution in [3.05, 3.63) is 193 Å². The molecule has 0 radical (unpaired) electrons. The number of anilines is 1. The Morgan fingerprint density at radius 2 is 0.968 bits per heavy atom. The number of piperazine rings is 2. The fraction of sp³-hybridized carbons (Fsp3) is 0.328. The van der Waals surface area contributed by atoms with Crippen LogP contribution in [0.5, 0.6) is 0 Å². The molecule has 0 bridgehead atoms. The largest absolute Gasteiger partial charge is 0.495 e. The third-order valence-corrected chi connectivity index (χ3v) is 15.8. The van der Waals surface area contributed by atoms with Gasteiger partial charge in [-0.15, -0.1) is 0 Å². The first kappa shape index (κ1) is 71.6. The molecule has 3 saturated heterocycles. The first-order valence-electron chi connectivity index (χ1n) is 29.3. The average molecular weight is 1330 g/mol. The maximum Gasteiger partial charge on any atom is 0.495 e. The Bertz CT molecular complexity index is 4940. The van der Waals surface area contributed by atoms with Gasteiger partial charge < -0.3 is 43.4 Å². The molecule has 3 aliphatic heterocycles. The van der Waals surface area contributed by atoms with Gasteiger partial charge in [0.05, 0.1) is 28.3 Å². The molecule has 95 heavy (non-hydrogen) atoms. The number of hydrogen-bond acceptors (Lipinski definition) is 18. The maximum absolute atomic E-state index is 14.4. The number of benzene rings is 3. The predicted octanol–water partition coefficient (Wildman–Crippen LogP) is 11.4. The number of halogens is 6. The van der Waals surface area contributed by atoms with Crippen molar-refractivity contribution in [1.82, 2.24) is 59.1 Å². The highest BCUT2D eigenvalue weighted by Gasteiger charge is 2.52. The molecule has 0 spiro atoms. The summed E-state index contributed by atoms with van der Waals surface area (Å²) in [4.78, 5) is 63.0. The fourth-order valence-corrected chi connectivity index (χ4v) is 10.6. The van der Waals surface area contributed by atoms with Gasteiger partial charge in [-0.25, -0.2) is 51.9 Å². The number of rotatable bonds is 4. The minimum Gasteiger partial charge on any atom is -0.441 e. The Morgan fingerprint density at radius 1 is 0.526 bits per heavy atom.